The molecule has 0 aliphatic carbocycles. The van der Waals surface area contributed by atoms with E-state index < -0.39 is 0 Å². The van der Waals surface area contributed by atoms with Gasteiger partial charge in [-0.1, -0.05) is 0 Å². The Morgan fingerprint density at radius 3 is 2.40 bits per heavy atom. The van der Waals surface area contributed by atoms with Crippen LogP contribution >= 0.6 is 0 Å². The molecule has 1 fully saturated rings. The lowest BCUT2D eigenvalue weighted by Gasteiger charge is -2.36. The predicted molar refractivity (Wildman–Crippen MR) is 112 cm³/mol. The van der Waals surface area contributed by atoms with Gasteiger partial charge in [-0.2, -0.15) is 5.26 Å². The van der Waals surface area contributed by atoms with Crippen LogP contribution in [-0.4, -0.2) is 51.2 Å². The fourth-order valence-electron chi connectivity index (χ4n) is 3.20. The molecule has 0 spiro atoms. The second-order valence-electron chi connectivity index (χ2n) is 6.64. The van der Waals surface area contributed by atoms with Gasteiger partial charge in [-0.25, -0.2) is 4.39 Å². The molecule has 3 rings (SSSR count). The van der Waals surface area contributed by atoms with E-state index in [9.17, 15) is 14.4 Å². The van der Waals surface area contributed by atoms with E-state index >= 15 is 0 Å². The van der Waals surface area contributed by atoms with E-state index in [1.807, 2.05) is 6.07 Å². The highest BCUT2D eigenvalue weighted by atomic mass is 19.1. The first-order valence-corrected chi connectivity index (χ1v) is 9.44. The molecule has 1 aliphatic rings. The molecule has 2 aromatic rings. The van der Waals surface area contributed by atoms with Crippen molar-refractivity contribution in [2.75, 3.05) is 50.6 Å². The van der Waals surface area contributed by atoms with Gasteiger partial charge in [0.2, 0.25) is 0 Å². The minimum Gasteiger partial charge on any atom is -0.497 e. The largest absolute Gasteiger partial charge is 0.497 e. The lowest BCUT2D eigenvalue weighted by atomic mass is 10.2. The first-order valence-electron chi connectivity index (χ1n) is 9.44. The SMILES string of the molecule is COc1ccc(N/C=C(/C#N)C(=O)N2CCN(c3ccc(F)cc3)CC2)c(OC)c1. The molecule has 0 bridgehead atoms. The molecule has 2 aromatic carbocycles. The number of anilines is 2. The van der Waals surface area contributed by atoms with Crippen LogP contribution in [0.1, 0.15) is 0 Å². The summed E-state index contributed by atoms with van der Waals surface area (Å²) in [5, 5.41) is 12.4. The van der Waals surface area contributed by atoms with Crippen LogP contribution in [0.25, 0.3) is 0 Å². The first-order chi connectivity index (χ1) is 14.5. The fraction of sp³-hybridized carbons (Fsp3) is 0.273. The average Bonchev–Trinajstić information content (AvgIpc) is 2.80. The zero-order valence-corrected chi connectivity index (χ0v) is 16.9. The number of carbonyl (C=O) groups is 1. The van der Waals surface area contributed by atoms with Crippen molar-refractivity contribution in [3.05, 3.63) is 60.1 Å². The number of rotatable bonds is 6. The van der Waals surface area contributed by atoms with Crippen LogP contribution in [0.3, 0.4) is 0 Å². The van der Waals surface area contributed by atoms with E-state index in [1.54, 1.807) is 42.3 Å². The molecule has 1 saturated heterocycles. The summed E-state index contributed by atoms with van der Waals surface area (Å²) >= 11 is 0. The third kappa shape index (κ3) is 4.81. The van der Waals surface area contributed by atoms with Crippen molar-refractivity contribution in [2.24, 2.45) is 0 Å². The summed E-state index contributed by atoms with van der Waals surface area (Å²) < 4.78 is 23.6. The third-order valence-electron chi connectivity index (χ3n) is 4.89. The van der Waals surface area contributed by atoms with Crippen LogP contribution in [0, 0.1) is 17.1 Å². The molecule has 1 amide bonds. The van der Waals surface area contributed by atoms with Gasteiger partial charge in [-0.15, -0.1) is 0 Å². The molecule has 0 saturated carbocycles. The monoisotopic (exact) mass is 410 g/mol. The van der Waals surface area contributed by atoms with E-state index in [0.29, 0.717) is 43.4 Å². The number of hydrogen-bond donors (Lipinski definition) is 1. The van der Waals surface area contributed by atoms with Crippen molar-refractivity contribution in [3.63, 3.8) is 0 Å². The minimum atomic E-state index is -0.337. The van der Waals surface area contributed by atoms with E-state index in [2.05, 4.69) is 10.2 Å². The molecule has 0 radical (unpaired) electrons. The molecule has 8 heteroatoms. The first kappa shape index (κ1) is 21.0. The summed E-state index contributed by atoms with van der Waals surface area (Å²) in [6, 6.07) is 13.5. The quantitative estimate of drug-likeness (QED) is 0.583. The highest BCUT2D eigenvalue weighted by Crippen LogP contribution is 2.29. The summed E-state index contributed by atoms with van der Waals surface area (Å²) in [7, 11) is 3.09. The second-order valence-corrected chi connectivity index (χ2v) is 6.64. The van der Waals surface area contributed by atoms with E-state index in [0.717, 1.165) is 5.69 Å². The summed E-state index contributed by atoms with van der Waals surface area (Å²) in [5.41, 5.74) is 1.52. The Hall–Kier alpha value is -3.73. The highest BCUT2D eigenvalue weighted by Gasteiger charge is 2.24. The third-order valence-corrected chi connectivity index (χ3v) is 4.89. The number of ether oxygens (including phenoxy) is 2. The number of amides is 1. The number of hydrogen-bond acceptors (Lipinski definition) is 6. The molecule has 7 nitrogen and oxygen atoms in total. The van der Waals surface area contributed by atoms with Crippen LogP contribution in [0.15, 0.2) is 54.2 Å². The Bertz CT molecular complexity index is 961. The Labute approximate surface area is 174 Å². The Balaban J connectivity index is 1.64. The van der Waals surface area contributed by atoms with Crippen LogP contribution in [0.4, 0.5) is 15.8 Å². The van der Waals surface area contributed by atoms with Gasteiger partial charge in [-0.05, 0) is 36.4 Å². The van der Waals surface area contributed by atoms with Crippen molar-refractivity contribution < 1.29 is 18.7 Å². The van der Waals surface area contributed by atoms with Gasteiger partial charge in [0.05, 0.1) is 19.9 Å². The molecule has 30 heavy (non-hydrogen) atoms. The van der Waals surface area contributed by atoms with Crippen LogP contribution < -0.4 is 19.7 Å². The maximum absolute atomic E-state index is 13.1. The number of carbonyl (C=O) groups excluding carboxylic acids is 1. The molecular weight excluding hydrogens is 387 g/mol. The summed E-state index contributed by atoms with van der Waals surface area (Å²) in [5.74, 6) is 0.550. The number of benzene rings is 2. The van der Waals surface area contributed by atoms with Crippen LogP contribution in [0.5, 0.6) is 11.5 Å². The van der Waals surface area contributed by atoms with Crippen molar-refractivity contribution in [3.8, 4) is 17.6 Å². The minimum absolute atomic E-state index is 0.00287. The normalized spacial score (nSPS) is 14.1. The lowest BCUT2D eigenvalue weighted by molar-refractivity contribution is -0.127. The van der Waals surface area contributed by atoms with Gasteiger partial charge in [0.15, 0.2) is 0 Å². The van der Waals surface area contributed by atoms with E-state index in [1.165, 1.54) is 25.4 Å². The van der Waals surface area contributed by atoms with E-state index in [4.69, 9.17) is 9.47 Å². The average molecular weight is 410 g/mol. The van der Waals surface area contributed by atoms with Gasteiger partial charge in [0.1, 0.15) is 29.0 Å². The van der Waals surface area contributed by atoms with Crippen molar-refractivity contribution in [1.29, 1.82) is 5.26 Å². The number of nitrogens with one attached hydrogen (secondary N) is 1. The molecule has 156 valence electrons. The number of nitriles is 1. The molecule has 0 unspecified atom stereocenters. The molecule has 0 atom stereocenters. The molecule has 1 N–H and O–H groups in total. The Morgan fingerprint density at radius 2 is 1.80 bits per heavy atom. The summed E-state index contributed by atoms with van der Waals surface area (Å²) in [6.45, 7) is 2.16. The standard InChI is InChI=1S/C22H23FN4O3/c1-29-19-7-8-20(21(13-19)30-2)25-15-16(14-24)22(28)27-11-9-26(10-12-27)18-5-3-17(23)4-6-18/h3-8,13,15,25H,9-12H2,1-2H3/b16-15-. The number of halogens is 1. The van der Waals surface area contributed by atoms with Gasteiger partial charge in [0, 0.05) is 44.1 Å². The highest BCUT2D eigenvalue weighted by molar-refractivity contribution is 5.97. The van der Waals surface area contributed by atoms with Crippen molar-refractivity contribution in [1.82, 2.24) is 4.90 Å². The fourth-order valence-corrected chi connectivity index (χ4v) is 3.20. The maximum Gasteiger partial charge on any atom is 0.266 e. The Kier molecular flexibility index (Phi) is 6.75. The molecule has 1 aliphatic heterocycles. The molecule has 1 heterocycles. The van der Waals surface area contributed by atoms with E-state index in [-0.39, 0.29) is 17.3 Å². The van der Waals surface area contributed by atoms with Gasteiger partial charge >= 0.3 is 0 Å². The number of methoxy groups -OCH3 is 2. The number of nitrogens with zero attached hydrogens (tertiary/aromatic N) is 3. The summed E-state index contributed by atoms with van der Waals surface area (Å²) in [4.78, 5) is 16.5. The molecule has 0 aromatic heterocycles. The van der Waals surface area contributed by atoms with Crippen LogP contribution in [-0.2, 0) is 4.79 Å². The number of piperazine rings is 1. The zero-order valence-electron chi connectivity index (χ0n) is 16.9. The lowest BCUT2D eigenvalue weighted by Crippen LogP contribution is -2.49. The van der Waals surface area contributed by atoms with Gasteiger partial charge in [0.25, 0.3) is 5.91 Å². The van der Waals surface area contributed by atoms with Crippen molar-refractivity contribution >= 4 is 17.3 Å². The van der Waals surface area contributed by atoms with Gasteiger partial charge in [-0.3, -0.25) is 4.79 Å². The van der Waals surface area contributed by atoms with Gasteiger partial charge < -0.3 is 24.6 Å². The van der Waals surface area contributed by atoms with Crippen LogP contribution in [0.2, 0.25) is 0 Å². The van der Waals surface area contributed by atoms with Crippen molar-refractivity contribution in [2.45, 2.75) is 0 Å². The smallest absolute Gasteiger partial charge is 0.266 e. The summed E-state index contributed by atoms with van der Waals surface area (Å²) in [6.07, 6.45) is 1.39. The predicted octanol–water partition coefficient (Wildman–Crippen LogP) is 3.01. The maximum atomic E-state index is 13.1. The zero-order chi connectivity index (χ0) is 21.5. The topological polar surface area (TPSA) is 77.8 Å². The second kappa shape index (κ2) is 9.65. The Morgan fingerprint density at radius 1 is 1.10 bits per heavy atom. The molecular formula is C22H23FN4O3.